The van der Waals surface area contributed by atoms with Crippen LogP contribution in [0.2, 0.25) is 0 Å². The summed E-state index contributed by atoms with van der Waals surface area (Å²) in [5.74, 6) is 1.34. The van der Waals surface area contributed by atoms with Crippen LogP contribution in [0.4, 0.5) is 0 Å². The minimum Gasteiger partial charge on any atom is -0.497 e. The molecule has 2 aromatic heterocycles. The number of benzene rings is 1. The zero-order chi connectivity index (χ0) is 16.9. The molecule has 132 valence electrons. The maximum atomic E-state index is 12.4. The minimum absolute atomic E-state index is 0. The van der Waals surface area contributed by atoms with Crippen molar-refractivity contribution in [2.24, 2.45) is 0 Å². The van der Waals surface area contributed by atoms with Gasteiger partial charge in [0.15, 0.2) is 0 Å². The lowest BCUT2D eigenvalue weighted by atomic mass is 10.1. The van der Waals surface area contributed by atoms with Gasteiger partial charge in [-0.05, 0) is 37.3 Å². The van der Waals surface area contributed by atoms with E-state index < -0.39 is 0 Å². The van der Waals surface area contributed by atoms with E-state index in [2.05, 4.69) is 4.98 Å². The number of hydrogen-bond acceptors (Lipinski definition) is 6. The van der Waals surface area contributed by atoms with Crippen molar-refractivity contribution in [2.45, 2.75) is 17.7 Å². The number of fused-ring (bicyclic) bond motifs is 1. The van der Waals surface area contributed by atoms with Crippen molar-refractivity contribution in [1.29, 1.82) is 0 Å². The monoisotopic (exact) mass is 379 g/mol. The molecule has 2 heterocycles. The molecule has 25 heavy (non-hydrogen) atoms. The Kier molecular flexibility index (Phi) is 6.73. The number of rotatable bonds is 6. The fourth-order valence-electron chi connectivity index (χ4n) is 2.36. The summed E-state index contributed by atoms with van der Waals surface area (Å²) in [5.41, 5.74) is 1.09. The van der Waals surface area contributed by atoms with Crippen LogP contribution in [-0.2, 0) is 10.5 Å². The number of carbonyl (C=O) groups is 1. The highest BCUT2D eigenvalue weighted by atomic mass is 35.5. The van der Waals surface area contributed by atoms with Gasteiger partial charge in [-0.15, -0.1) is 12.4 Å². The first-order chi connectivity index (χ1) is 11.7. The van der Waals surface area contributed by atoms with Crippen molar-refractivity contribution in [3.63, 3.8) is 0 Å². The van der Waals surface area contributed by atoms with Crippen LogP contribution in [0.25, 0.3) is 11.0 Å². The van der Waals surface area contributed by atoms with E-state index in [1.54, 1.807) is 38.4 Å². The van der Waals surface area contributed by atoms with Crippen LogP contribution in [0.5, 0.6) is 5.75 Å². The molecule has 1 aromatic carbocycles. The summed E-state index contributed by atoms with van der Waals surface area (Å²) >= 11 is 1.50. The predicted octanol–water partition coefficient (Wildman–Crippen LogP) is 4.73. The van der Waals surface area contributed by atoms with E-state index in [1.807, 2.05) is 18.2 Å². The van der Waals surface area contributed by atoms with Gasteiger partial charge in [-0.2, -0.15) is 0 Å². The molecule has 0 bridgehead atoms. The van der Waals surface area contributed by atoms with Crippen LogP contribution in [0.15, 0.2) is 52.0 Å². The number of aromatic nitrogens is 1. The Morgan fingerprint density at radius 3 is 2.80 bits per heavy atom. The molecule has 0 spiro atoms. The Morgan fingerprint density at radius 1 is 1.28 bits per heavy atom. The Hall–Kier alpha value is -2.18. The van der Waals surface area contributed by atoms with Crippen molar-refractivity contribution in [3.05, 3.63) is 53.9 Å². The lowest BCUT2D eigenvalue weighted by Gasteiger charge is -2.04. The zero-order valence-electron chi connectivity index (χ0n) is 13.9. The summed E-state index contributed by atoms with van der Waals surface area (Å²) in [7, 11) is 1.59. The second-order valence-electron chi connectivity index (χ2n) is 4.94. The second-order valence-corrected chi connectivity index (χ2v) is 5.94. The number of esters is 1. The third-order valence-electron chi connectivity index (χ3n) is 3.44. The van der Waals surface area contributed by atoms with Gasteiger partial charge in [-0.3, -0.25) is 0 Å². The maximum absolute atomic E-state index is 12.4. The summed E-state index contributed by atoms with van der Waals surface area (Å²) in [6.45, 7) is 2.09. The highest BCUT2D eigenvalue weighted by Gasteiger charge is 2.22. The van der Waals surface area contributed by atoms with Gasteiger partial charge in [0.05, 0.1) is 24.5 Å². The van der Waals surface area contributed by atoms with Gasteiger partial charge < -0.3 is 13.9 Å². The van der Waals surface area contributed by atoms with Gasteiger partial charge in [0.2, 0.25) is 0 Å². The lowest BCUT2D eigenvalue weighted by Crippen LogP contribution is -2.06. The third kappa shape index (κ3) is 4.27. The molecule has 0 aliphatic carbocycles. The molecule has 0 radical (unpaired) electrons. The number of furan rings is 1. The summed E-state index contributed by atoms with van der Waals surface area (Å²) in [4.78, 5) is 16.7. The van der Waals surface area contributed by atoms with Crippen molar-refractivity contribution < 1.29 is 18.7 Å². The Morgan fingerprint density at radius 2 is 2.12 bits per heavy atom. The number of carbonyl (C=O) groups excluding carboxylic acids is 1. The molecule has 0 unspecified atom stereocenters. The number of halogens is 1. The second kappa shape index (κ2) is 8.78. The summed E-state index contributed by atoms with van der Waals surface area (Å²) in [6, 6.07) is 11.1. The summed E-state index contributed by atoms with van der Waals surface area (Å²) in [6.07, 6.45) is 1.73. The summed E-state index contributed by atoms with van der Waals surface area (Å²) in [5, 5.41) is 1.56. The van der Waals surface area contributed by atoms with E-state index >= 15 is 0 Å². The average Bonchev–Trinajstić information content (AvgIpc) is 2.98. The van der Waals surface area contributed by atoms with Crippen LogP contribution in [0, 0.1) is 0 Å². The topological polar surface area (TPSA) is 61.6 Å². The highest BCUT2D eigenvalue weighted by molar-refractivity contribution is 7.98. The van der Waals surface area contributed by atoms with Crippen molar-refractivity contribution in [2.75, 3.05) is 13.7 Å². The molecule has 3 aromatic rings. The quantitative estimate of drug-likeness (QED) is 0.456. The van der Waals surface area contributed by atoms with E-state index in [0.717, 1.165) is 5.03 Å². The summed E-state index contributed by atoms with van der Waals surface area (Å²) < 4.78 is 16.3. The molecule has 0 amide bonds. The predicted molar refractivity (Wildman–Crippen MR) is 99.8 cm³/mol. The fraction of sp³-hybridized carbons (Fsp3) is 0.222. The van der Waals surface area contributed by atoms with Crippen LogP contribution in [-0.4, -0.2) is 24.7 Å². The Bertz CT molecular complexity index is 851. The van der Waals surface area contributed by atoms with Gasteiger partial charge in [-0.1, -0.05) is 17.8 Å². The molecule has 0 saturated heterocycles. The number of nitrogens with zero attached hydrogens (tertiary/aromatic N) is 1. The molecule has 0 atom stereocenters. The Labute approximate surface area is 156 Å². The van der Waals surface area contributed by atoms with Crippen LogP contribution >= 0.6 is 24.2 Å². The number of thioether (sulfide) groups is 1. The first kappa shape index (κ1) is 19.1. The number of methoxy groups -OCH3 is 1. The molecule has 0 aliphatic heterocycles. The number of hydrogen-bond donors (Lipinski definition) is 0. The Balaban J connectivity index is 0.00000225. The SMILES string of the molecule is CCOC(=O)c1c(CSc2ccccn2)oc2ccc(OC)cc12.Cl. The maximum Gasteiger partial charge on any atom is 0.342 e. The van der Waals surface area contributed by atoms with E-state index in [9.17, 15) is 4.79 Å². The van der Waals surface area contributed by atoms with Crippen LogP contribution in [0.3, 0.4) is 0 Å². The minimum atomic E-state index is -0.388. The van der Waals surface area contributed by atoms with Crippen molar-refractivity contribution >= 4 is 41.1 Å². The molecule has 3 rings (SSSR count). The van der Waals surface area contributed by atoms with E-state index in [0.29, 0.717) is 40.4 Å². The van der Waals surface area contributed by atoms with Crippen molar-refractivity contribution in [1.82, 2.24) is 4.98 Å². The van der Waals surface area contributed by atoms with Gasteiger partial charge in [0.25, 0.3) is 0 Å². The highest BCUT2D eigenvalue weighted by Crippen LogP contribution is 2.33. The normalized spacial score (nSPS) is 10.3. The molecule has 0 N–H and O–H groups in total. The molecule has 7 heteroatoms. The van der Waals surface area contributed by atoms with E-state index in [-0.39, 0.29) is 18.4 Å². The fourth-order valence-corrected chi connectivity index (χ4v) is 3.15. The average molecular weight is 380 g/mol. The first-order valence-electron chi connectivity index (χ1n) is 7.53. The molecule has 0 aliphatic rings. The zero-order valence-corrected chi connectivity index (χ0v) is 15.5. The smallest absolute Gasteiger partial charge is 0.342 e. The lowest BCUT2D eigenvalue weighted by molar-refractivity contribution is 0.0526. The molecular formula is C18H18ClNO4S. The number of pyridine rings is 1. The van der Waals surface area contributed by atoms with E-state index in [1.165, 1.54) is 11.8 Å². The standard InChI is InChI=1S/C18H17NO4S.ClH/c1-3-22-18(20)17-13-10-12(21-2)7-8-14(13)23-15(17)11-24-16-6-4-5-9-19-16;/h4-10H,3,11H2,1-2H3;1H. The molecular weight excluding hydrogens is 362 g/mol. The molecule has 0 fully saturated rings. The largest absolute Gasteiger partial charge is 0.497 e. The first-order valence-corrected chi connectivity index (χ1v) is 8.52. The van der Waals surface area contributed by atoms with Gasteiger partial charge in [-0.25, -0.2) is 9.78 Å². The third-order valence-corrected chi connectivity index (χ3v) is 4.38. The van der Waals surface area contributed by atoms with E-state index in [4.69, 9.17) is 13.9 Å². The van der Waals surface area contributed by atoms with Gasteiger partial charge >= 0.3 is 5.97 Å². The van der Waals surface area contributed by atoms with Crippen molar-refractivity contribution in [3.8, 4) is 5.75 Å². The van der Waals surface area contributed by atoms with Gasteiger partial charge in [0, 0.05) is 11.6 Å². The van der Waals surface area contributed by atoms with Gasteiger partial charge in [0.1, 0.15) is 22.7 Å². The molecule has 0 saturated carbocycles. The number of ether oxygens (including phenoxy) is 2. The van der Waals surface area contributed by atoms with Crippen LogP contribution in [0.1, 0.15) is 23.0 Å². The molecule has 5 nitrogen and oxygen atoms in total. The van der Waals surface area contributed by atoms with Crippen LogP contribution < -0.4 is 4.74 Å².